The van der Waals surface area contributed by atoms with Gasteiger partial charge < -0.3 is 5.32 Å². The van der Waals surface area contributed by atoms with E-state index in [1.165, 1.54) is 24.5 Å². The van der Waals surface area contributed by atoms with Crippen LogP contribution in [0, 0.1) is 10.1 Å². The molecule has 0 spiro atoms. The van der Waals surface area contributed by atoms with Crippen LogP contribution in [0.2, 0.25) is 5.02 Å². The van der Waals surface area contributed by atoms with Crippen LogP contribution in [0.15, 0.2) is 41.1 Å². The van der Waals surface area contributed by atoms with Crippen LogP contribution in [-0.4, -0.2) is 15.8 Å². The summed E-state index contributed by atoms with van der Waals surface area (Å²) in [5.41, 5.74) is -0.0165. The van der Waals surface area contributed by atoms with Crippen LogP contribution in [0.25, 0.3) is 0 Å². The monoisotopic (exact) mass is 355 g/mol. The van der Waals surface area contributed by atoms with Crippen molar-refractivity contribution in [3.8, 4) is 0 Å². The Labute approximate surface area is 127 Å². The van der Waals surface area contributed by atoms with Crippen LogP contribution < -0.4 is 5.32 Å². The van der Waals surface area contributed by atoms with E-state index in [1.807, 2.05) is 0 Å². The lowest BCUT2D eigenvalue weighted by Crippen LogP contribution is -2.14. The third-order valence-electron chi connectivity index (χ3n) is 2.42. The van der Waals surface area contributed by atoms with Crippen LogP contribution in [-0.2, 0) is 0 Å². The number of hydrogen-bond donors (Lipinski definition) is 1. The standard InChI is InChI=1S/C12H7BrClN3O3/c13-7-1-2-9(14)8(5-7)12(18)16-10-6-15-4-3-11(10)17(19)20/h1-6H,(H,16,18). The first-order valence-corrected chi connectivity index (χ1v) is 6.51. The van der Waals surface area contributed by atoms with Gasteiger partial charge in [-0.25, -0.2) is 0 Å². The molecule has 6 nitrogen and oxygen atoms in total. The molecule has 0 saturated heterocycles. The van der Waals surface area contributed by atoms with Crippen molar-refractivity contribution in [3.05, 3.63) is 61.8 Å². The smallest absolute Gasteiger partial charge is 0.295 e. The summed E-state index contributed by atoms with van der Waals surface area (Å²) < 4.78 is 0.674. The maximum atomic E-state index is 12.1. The summed E-state index contributed by atoms with van der Waals surface area (Å²) in [7, 11) is 0. The van der Waals surface area contributed by atoms with Gasteiger partial charge >= 0.3 is 0 Å². The average Bonchev–Trinajstić information content (AvgIpc) is 2.41. The first kappa shape index (κ1) is 14.4. The highest BCUT2D eigenvalue weighted by molar-refractivity contribution is 9.10. The number of anilines is 1. The van der Waals surface area contributed by atoms with Crippen LogP contribution in [0.1, 0.15) is 10.4 Å². The molecule has 1 aromatic heterocycles. The van der Waals surface area contributed by atoms with E-state index >= 15 is 0 Å². The summed E-state index contributed by atoms with van der Waals surface area (Å²) >= 11 is 9.16. The van der Waals surface area contributed by atoms with Crippen molar-refractivity contribution >= 4 is 44.8 Å². The topological polar surface area (TPSA) is 85.1 Å². The molecule has 1 N–H and O–H groups in total. The number of pyridine rings is 1. The highest BCUT2D eigenvalue weighted by atomic mass is 79.9. The zero-order chi connectivity index (χ0) is 14.7. The van der Waals surface area contributed by atoms with Crippen LogP contribution in [0.5, 0.6) is 0 Å². The zero-order valence-corrected chi connectivity index (χ0v) is 12.2. The highest BCUT2D eigenvalue weighted by Gasteiger charge is 2.18. The lowest BCUT2D eigenvalue weighted by atomic mass is 10.2. The van der Waals surface area contributed by atoms with Gasteiger partial charge in [0.2, 0.25) is 0 Å². The summed E-state index contributed by atoms with van der Waals surface area (Å²) in [6.07, 6.45) is 2.49. The van der Waals surface area contributed by atoms with E-state index in [0.717, 1.165) is 0 Å². The van der Waals surface area contributed by atoms with Gasteiger partial charge in [-0.3, -0.25) is 19.9 Å². The second-order valence-corrected chi connectivity index (χ2v) is 5.05. The third kappa shape index (κ3) is 3.12. The molecule has 0 unspecified atom stereocenters. The Kier molecular flexibility index (Phi) is 4.31. The number of rotatable bonds is 3. The van der Waals surface area contributed by atoms with E-state index in [2.05, 4.69) is 26.2 Å². The van der Waals surface area contributed by atoms with Crippen molar-refractivity contribution in [1.82, 2.24) is 4.98 Å². The fraction of sp³-hybridized carbons (Fsp3) is 0. The number of nitro groups is 1. The molecule has 0 aliphatic rings. The van der Waals surface area contributed by atoms with Gasteiger partial charge in [0.05, 0.1) is 21.7 Å². The number of carbonyl (C=O) groups excluding carboxylic acids is 1. The van der Waals surface area contributed by atoms with Gasteiger partial charge in [0.1, 0.15) is 5.69 Å². The number of hydrogen-bond acceptors (Lipinski definition) is 4. The average molecular weight is 357 g/mol. The zero-order valence-electron chi connectivity index (χ0n) is 9.84. The fourth-order valence-electron chi connectivity index (χ4n) is 1.50. The number of nitrogens with one attached hydrogen (secondary N) is 1. The first-order chi connectivity index (χ1) is 9.49. The molecular formula is C12H7BrClN3O3. The van der Waals surface area contributed by atoms with Gasteiger partial charge in [-0.2, -0.15) is 0 Å². The van der Waals surface area contributed by atoms with E-state index in [4.69, 9.17) is 11.6 Å². The van der Waals surface area contributed by atoms with Crippen LogP contribution >= 0.6 is 27.5 Å². The summed E-state index contributed by atoms with van der Waals surface area (Å²) in [5, 5.41) is 13.5. The van der Waals surface area contributed by atoms with Crippen LogP contribution in [0.3, 0.4) is 0 Å². The number of nitrogens with zero attached hydrogens (tertiary/aromatic N) is 2. The van der Waals surface area contributed by atoms with Gasteiger partial charge in [-0.05, 0) is 18.2 Å². The van der Waals surface area contributed by atoms with Gasteiger partial charge in [0.25, 0.3) is 11.6 Å². The molecular weight excluding hydrogens is 350 g/mol. The second kappa shape index (κ2) is 5.98. The van der Waals surface area contributed by atoms with Gasteiger partial charge in [0.15, 0.2) is 0 Å². The predicted octanol–water partition coefficient (Wildman–Crippen LogP) is 3.66. The van der Waals surface area contributed by atoms with Crippen molar-refractivity contribution in [1.29, 1.82) is 0 Å². The second-order valence-electron chi connectivity index (χ2n) is 3.73. The van der Waals surface area contributed by atoms with Crippen LogP contribution in [0.4, 0.5) is 11.4 Å². The maximum Gasteiger partial charge on any atom is 0.295 e. The Morgan fingerprint density at radius 3 is 2.85 bits per heavy atom. The molecule has 0 radical (unpaired) electrons. The quantitative estimate of drug-likeness (QED) is 0.672. The molecule has 2 rings (SSSR count). The normalized spacial score (nSPS) is 10.1. The van der Waals surface area contributed by atoms with Gasteiger partial charge in [0, 0.05) is 16.7 Å². The fourth-order valence-corrected chi connectivity index (χ4v) is 2.07. The van der Waals surface area contributed by atoms with E-state index in [9.17, 15) is 14.9 Å². The van der Waals surface area contributed by atoms with E-state index in [1.54, 1.807) is 12.1 Å². The minimum absolute atomic E-state index is 0.0125. The van der Waals surface area contributed by atoms with E-state index < -0.39 is 10.8 Å². The minimum atomic E-state index is -0.597. The lowest BCUT2D eigenvalue weighted by molar-refractivity contribution is -0.384. The Morgan fingerprint density at radius 1 is 1.40 bits per heavy atom. The van der Waals surface area contributed by atoms with Crippen molar-refractivity contribution in [3.63, 3.8) is 0 Å². The number of benzene rings is 1. The summed E-state index contributed by atoms with van der Waals surface area (Å²) in [6.45, 7) is 0. The number of halogens is 2. The summed E-state index contributed by atoms with van der Waals surface area (Å²) in [6, 6.07) is 5.97. The molecule has 2 aromatic rings. The SMILES string of the molecule is O=C(Nc1cnccc1[N+](=O)[O-])c1cc(Br)ccc1Cl. The molecule has 1 amide bonds. The largest absolute Gasteiger partial charge is 0.315 e. The number of aromatic nitrogens is 1. The molecule has 0 bridgehead atoms. The minimum Gasteiger partial charge on any atom is -0.315 e. The Balaban J connectivity index is 2.33. The van der Waals surface area contributed by atoms with Gasteiger partial charge in [-0.15, -0.1) is 0 Å². The molecule has 102 valence electrons. The molecule has 1 aromatic carbocycles. The third-order valence-corrected chi connectivity index (χ3v) is 3.24. The predicted molar refractivity (Wildman–Crippen MR) is 78.0 cm³/mol. The summed E-state index contributed by atoms with van der Waals surface area (Å²) in [4.78, 5) is 26.1. The summed E-state index contributed by atoms with van der Waals surface area (Å²) in [5.74, 6) is -0.549. The van der Waals surface area contributed by atoms with E-state index in [0.29, 0.717) is 4.47 Å². The maximum absolute atomic E-state index is 12.1. The molecule has 0 atom stereocenters. The molecule has 1 heterocycles. The molecule has 0 fully saturated rings. The molecule has 20 heavy (non-hydrogen) atoms. The van der Waals surface area contributed by atoms with Crippen molar-refractivity contribution in [2.45, 2.75) is 0 Å². The Hall–Kier alpha value is -1.99. The molecule has 0 aliphatic heterocycles. The highest BCUT2D eigenvalue weighted by Crippen LogP contribution is 2.25. The number of carbonyl (C=O) groups is 1. The molecule has 0 saturated carbocycles. The van der Waals surface area contributed by atoms with Crippen molar-refractivity contribution in [2.24, 2.45) is 0 Å². The Bertz CT molecular complexity index is 693. The molecule has 0 aliphatic carbocycles. The van der Waals surface area contributed by atoms with Gasteiger partial charge in [-0.1, -0.05) is 27.5 Å². The first-order valence-electron chi connectivity index (χ1n) is 5.34. The Morgan fingerprint density at radius 2 is 2.15 bits per heavy atom. The lowest BCUT2D eigenvalue weighted by Gasteiger charge is -2.07. The van der Waals surface area contributed by atoms with E-state index in [-0.39, 0.29) is 22.0 Å². The molecule has 8 heteroatoms. The van der Waals surface area contributed by atoms with Crippen molar-refractivity contribution in [2.75, 3.05) is 5.32 Å². The van der Waals surface area contributed by atoms with Crippen molar-refractivity contribution < 1.29 is 9.72 Å². The number of amides is 1.